The lowest BCUT2D eigenvalue weighted by Crippen LogP contribution is -2.34. The maximum Gasteiger partial charge on any atom is 0.160 e. The highest BCUT2D eigenvalue weighted by molar-refractivity contribution is 5.96. The summed E-state index contributed by atoms with van der Waals surface area (Å²) >= 11 is 0. The van der Waals surface area contributed by atoms with E-state index in [0.29, 0.717) is 40.6 Å². The number of nitrogens with one attached hydrogen (secondary N) is 3. The molecule has 3 N–H and O–H groups in total. The van der Waals surface area contributed by atoms with Gasteiger partial charge < -0.3 is 24.7 Å². The number of pyridine rings is 3. The number of hydrogen-bond donors (Lipinski definition) is 3. The molecule has 12 heteroatoms. The Labute approximate surface area is 252 Å². The number of imidazole rings is 1. The number of H-pyrrole nitrogens is 2. The third kappa shape index (κ3) is 5.81. The number of benzene rings is 1. The summed E-state index contributed by atoms with van der Waals surface area (Å²) in [7, 11) is 3.92. The van der Waals surface area contributed by atoms with Gasteiger partial charge >= 0.3 is 0 Å². The van der Waals surface area contributed by atoms with E-state index in [0.717, 1.165) is 65.9 Å². The van der Waals surface area contributed by atoms with Crippen LogP contribution in [0, 0.1) is 5.82 Å². The predicted octanol–water partition coefficient (Wildman–Crippen LogP) is 4.84. The van der Waals surface area contributed by atoms with Gasteiger partial charge in [0.25, 0.3) is 0 Å². The monoisotopic (exact) mass is 593 g/mol. The zero-order valence-corrected chi connectivity index (χ0v) is 24.5. The second-order valence-corrected chi connectivity index (χ2v) is 11.1. The molecule has 0 unspecified atom stereocenters. The van der Waals surface area contributed by atoms with Gasteiger partial charge in [-0.1, -0.05) is 0 Å². The van der Waals surface area contributed by atoms with Gasteiger partial charge in [0.1, 0.15) is 41.2 Å². The lowest BCUT2D eigenvalue weighted by molar-refractivity contribution is 0.162. The molecule has 0 amide bonds. The third-order valence-electron chi connectivity index (χ3n) is 7.64. The van der Waals surface area contributed by atoms with Gasteiger partial charge in [-0.25, -0.2) is 14.4 Å². The second kappa shape index (κ2) is 12.0. The second-order valence-electron chi connectivity index (χ2n) is 11.1. The van der Waals surface area contributed by atoms with Crippen LogP contribution in [0.2, 0.25) is 0 Å². The van der Waals surface area contributed by atoms with Gasteiger partial charge in [0.05, 0.1) is 23.6 Å². The van der Waals surface area contributed by atoms with Gasteiger partial charge in [-0.15, -0.1) is 0 Å². The molecule has 11 nitrogen and oxygen atoms in total. The van der Waals surface area contributed by atoms with Gasteiger partial charge in [-0.3, -0.25) is 15.1 Å². The van der Waals surface area contributed by atoms with Crippen LogP contribution in [0.5, 0.6) is 11.5 Å². The Morgan fingerprint density at radius 3 is 2.70 bits per heavy atom. The number of likely N-dealkylation sites (N-methyl/N-ethyl adjacent to an activating group) is 1. The van der Waals surface area contributed by atoms with Crippen molar-refractivity contribution < 1.29 is 13.9 Å². The molecule has 7 rings (SSSR count). The number of hydrogen-bond acceptors (Lipinski definition) is 9. The maximum atomic E-state index is 14.7. The van der Waals surface area contributed by atoms with Crippen LogP contribution in [-0.2, 0) is 0 Å². The summed E-state index contributed by atoms with van der Waals surface area (Å²) in [6, 6.07) is 10.4. The van der Waals surface area contributed by atoms with Crippen molar-refractivity contribution in [1.82, 2.24) is 45.3 Å². The molecule has 1 aromatic carbocycles. The number of nitrogens with zero attached hydrogens (tertiary/aromatic N) is 6. The number of halogens is 1. The van der Waals surface area contributed by atoms with E-state index in [-0.39, 0.29) is 11.9 Å². The van der Waals surface area contributed by atoms with E-state index in [1.54, 1.807) is 24.8 Å². The van der Waals surface area contributed by atoms with E-state index >= 15 is 0 Å². The molecule has 1 aliphatic heterocycles. The minimum atomic E-state index is -0.388. The fraction of sp³-hybridized carbons (Fsp3) is 0.281. The predicted molar refractivity (Wildman–Crippen MR) is 166 cm³/mol. The first-order valence-electron chi connectivity index (χ1n) is 14.6. The summed E-state index contributed by atoms with van der Waals surface area (Å²) < 4.78 is 26.7. The van der Waals surface area contributed by atoms with Crippen LogP contribution in [0.25, 0.3) is 56.0 Å². The standard InChI is InChI=1S/C32H32FN9O2/c1-42(2)9-10-43-23-12-19(11-21(33)14-23)25-5-8-36-31-29(25)38-32(39-31)30-26-15-27(37-18-28(26)40-41-30)20-13-24(17-35-16-20)44-22-3-6-34-7-4-22/h5,8,11-18,22,34H,3-4,6-7,9-10H2,1-2H3,(H,40,41)(H,36,38,39). The lowest BCUT2D eigenvalue weighted by Gasteiger charge is -2.23. The molecule has 6 heterocycles. The summed E-state index contributed by atoms with van der Waals surface area (Å²) in [5, 5.41) is 11.8. The van der Waals surface area contributed by atoms with Crippen LogP contribution in [0.4, 0.5) is 4.39 Å². The molecule has 0 atom stereocenters. The van der Waals surface area contributed by atoms with Crippen LogP contribution < -0.4 is 14.8 Å². The van der Waals surface area contributed by atoms with Crippen molar-refractivity contribution >= 4 is 22.1 Å². The first-order chi connectivity index (χ1) is 21.5. The van der Waals surface area contributed by atoms with E-state index in [4.69, 9.17) is 14.5 Å². The summed E-state index contributed by atoms with van der Waals surface area (Å²) in [5.74, 6) is 1.33. The molecular weight excluding hydrogens is 561 g/mol. The molecule has 0 radical (unpaired) electrons. The van der Waals surface area contributed by atoms with Crippen molar-refractivity contribution in [3.05, 3.63) is 67.0 Å². The summed E-state index contributed by atoms with van der Waals surface area (Å²) in [5.41, 5.74) is 5.50. The first-order valence-corrected chi connectivity index (χ1v) is 14.6. The smallest absolute Gasteiger partial charge is 0.160 e. The molecule has 0 aliphatic carbocycles. The molecule has 1 saturated heterocycles. The largest absolute Gasteiger partial charge is 0.492 e. The Balaban J connectivity index is 1.21. The van der Waals surface area contributed by atoms with Crippen molar-refractivity contribution in [2.75, 3.05) is 40.3 Å². The third-order valence-corrected chi connectivity index (χ3v) is 7.64. The Morgan fingerprint density at radius 1 is 0.977 bits per heavy atom. The number of aromatic nitrogens is 7. The highest BCUT2D eigenvalue weighted by atomic mass is 19.1. The van der Waals surface area contributed by atoms with Crippen molar-refractivity contribution in [2.45, 2.75) is 18.9 Å². The topological polar surface area (TPSA) is 130 Å². The number of ether oxygens (including phenoxy) is 2. The summed E-state index contributed by atoms with van der Waals surface area (Å²) in [6.07, 6.45) is 9.04. The first kappa shape index (κ1) is 27.9. The van der Waals surface area contributed by atoms with Gasteiger partial charge in [-0.05, 0) is 75.9 Å². The van der Waals surface area contributed by atoms with Crippen LogP contribution >= 0.6 is 0 Å². The average molecular weight is 594 g/mol. The summed E-state index contributed by atoms with van der Waals surface area (Å²) in [6.45, 7) is 3.07. The number of aromatic amines is 2. The number of piperidine rings is 1. The van der Waals surface area contributed by atoms with E-state index < -0.39 is 0 Å². The number of fused-ring (bicyclic) bond motifs is 2. The minimum absolute atomic E-state index is 0.172. The maximum absolute atomic E-state index is 14.7. The Morgan fingerprint density at radius 2 is 1.84 bits per heavy atom. The van der Waals surface area contributed by atoms with Crippen molar-refractivity contribution in [3.8, 4) is 45.4 Å². The molecular formula is C32H32FN9O2. The minimum Gasteiger partial charge on any atom is -0.492 e. The lowest BCUT2D eigenvalue weighted by atomic mass is 10.1. The normalized spacial score (nSPS) is 14.1. The average Bonchev–Trinajstić information content (AvgIpc) is 3.65. The number of rotatable bonds is 9. The Hall–Kier alpha value is -4.94. The van der Waals surface area contributed by atoms with E-state index in [1.165, 1.54) is 12.1 Å². The highest BCUT2D eigenvalue weighted by Gasteiger charge is 2.19. The molecule has 0 saturated carbocycles. The molecule has 44 heavy (non-hydrogen) atoms. The quantitative estimate of drug-likeness (QED) is 0.216. The Kier molecular flexibility index (Phi) is 7.59. The van der Waals surface area contributed by atoms with Gasteiger partial charge in [0.2, 0.25) is 0 Å². The fourth-order valence-electron chi connectivity index (χ4n) is 5.39. The van der Waals surface area contributed by atoms with Gasteiger partial charge in [0.15, 0.2) is 11.5 Å². The summed E-state index contributed by atoms with van der Waals surface area (Å²) in [4.78, 5) is 23.7. The SMILES string of the molecule is CN(C)CCOc1cc(F)cc(-c2ccnc3[nH]c(-c4n[nH]c5cnc(-c6cncc(OC7CCNCC7)c6)cc45)nc23)c1. The molecule has 1 fully saturated rings. The molecule has 0 spiro atoms. The van der Waals surface area contributed by atoms with Crippen molar-refractivity contribution in [2.24, 2.45) is 0 Å². The van der Waals surface area contributed by atoms with E-state index in [9.17, 15) is 4.39 Å². The van der Waals surface area contributed by atoms with Gasteiger partial charge in [0, 0.05) is 41.5 Å². The van der Waals surface area contributed by atoms with Crippen LogP contribution in [-0.4, -0.2) is 86.5 Å². The highest BCUT2D eigenvalue weighted by Crippen LogP contribution is 2.34. The van der Waals surface area contributed by atoms with Crippen LogP contribution in [0.1, 0.15) is 12.8 Å². The van der Waals surface area contributed by atoms with Crippen LogP contribution in [0.15, 0.2) is 61.2 Å². The fourth-order valence-corrected chi connectivity index (χ4v) is 5.39. The molecule has 0 bridgehead atoms. The van der Waals surface area contributed by atoms with E-state index in [1.807, 2.05) is 43.3 Å². The molecule has 5 aromatic heterocycles. The molecule has 224 valence electrons. The molecule has 1 aliphatic rings. The van der Waals surface area contributed by atoms with Crippen LogP contribution in [0.3, 0.4) is 0 Å². The Bertz CT molecular complexity index is 1930. The molecule has 6 aromatic rings. The zero-order valence-electron chi connectivity index (χ0n) is 24.5. The van der Waals surface area contributed by atoms with Crippen molar-refractivity contribution in [1.29, 1.82) is 0 Å². The van der Waals surface area contributed by atoms with Gasteiger partial charge in [-0.2, -0.15) is 5.10 Å². The van der Waals surface area contributed by atoms with E-state index in [2.05, 4.69) is 35.5 Å². The zero-order chi connectivity index (χ0) is 30.0. The van der Waals surface area contributed by atoms with Crippen molar-refractivity contribution in [3.63, 3.8) is 0 Å².